The monoisotopic (exact) mass is 294 g/mol. The van der Waals surface area contributed by atoms with Gasteiger partial charge in [0.2, 0.25) is 0 Å². The zero-order chi connectivity index (χ0) is 15.2. The minimum absolute atomic E-state index is 0.740. The summed E-state index contributed by atoms with van der Waals surface area (Å²) in [5.74, 6) is 0.765. The second kappa shape index (κ2) is 7.55. The number of rotatable bonds is 5. The standard InChI is InChI=1S/C20H26N2/c1-22(16-14-19-9-5-6-15-21-19)20-12-10-18(11-13-20)17-7-3-2-4-8-17/h2-9,15,18,20H,10-14,16H2,1H3. The molecular formula is C20H26N2. The van der Waals surface area contributed by atoms with E-state index >= 15 is 0 Å². The summed E-state index contributed by atoms with van der Waals surface area (Å²) in [6.45, 7) is 1.11. The van der Waals surface area contributed by atoms with Crippen molar-refractivity contribution in [1.82, 2.24) is 9.88 Å². The summed E-state index contributed by atoms with van der Waals surface area (Å²) >= 11 is 0. The molecule has 3 rings (SSSR count). The summed E-state index contributed by atoms with van der Waals surface area (Å²) in [5, 5.41) is 0. The van der Waals surface area contributed by atoms with Crippen LogP contribution >= 0.6 is 0 Å². The lowest BCUT2D eigenvalue weighted by molar-refractivity contribution is 0.184. The summed E-state index contributed by atoms with van der Waals surface area (Å²) in [6, 6.07) is 17.9. The molecular weight excluding hydrogens is 268 g/mol. The largest absolute Gasteiger partial charge is 0.303 e. The van der Waals surface area contributed by atoms with Gasteiger partial charge in [-0.25, -0.2) is 0 Å². The van der Waals surface area contributed by atoms with Gasteiger partial charge >= 0.3 is 0 Å². The zero-order valence-corrected chi connectivity index (χ0v) is 13.5. The number of hydrogen-bond acceptors (Lipinski definition) is 2. The fraction of sp³-hybridized carbons (Fsp3) is 0.450. The number of hydrogen-bond donors (Lipinski definition) is 0. The van der Waals surface area contributed by atoms with Gasteiger partial charge in [0.1, 0.15) is 0 Å². The molecule has 1 heterocycles. The molecule has 2 aromatic rings. The Hall–Kier alpha value is -1.67. The SMILES string of the molecule is CN(CCc1ccccn1)C1CCC(c2ccccc2)CC1. The molecule has 1 aliphatic rings. The summed E-state index contributed by atoms with van der Waals surface area (Å²) in [7, 11) is 2.27. The van der Waals surface area contributed by atoms with Crippen LogP contribution < -0.4 is 0 Å². The Morgan fingerprint density at radius 1 is 0.955 bits per heavy atom. The second-order valence-electron chi connectivity index (χ2n) is 6.47. The van der Waals surface area contributed by atoms with Crippen molar-refractivity contribution < 1.29 is 0 Å². The minimum Gasteiger partial charge on any atom is -0.303 e. The maximum atomic E-state index is 4.42. The molecule has 1 aromatic heterocycles. The van der Waals surface area contributed by atoms with E-state index in [1.807, 2.05) is 12.3 Å². The van der Waals surface area contributed by atoms with Crippen molar-refractivity contribution >= 4 is 0 Å². The maximum absolute atomic E-state index is 4.42. The average Bonchev–Trinajstić information content (AvgIpc) is 2.61. The number of nitrogens with zero attached hydrogens (tertiary/aromatic N) is 2. The van der Waals surface area contributed by atoms with Crippen LogP contribution in [0.15, 0.2) is 54.7 Å². The van der Waals surface area contributed by atoms with Crippen LogP contribution in [-0.2, 0) is 6.42 Å². The van der Waals surface area contributed by atoms with Crippen LogP contribution in [0.3, 0.4) is 0 Å². The molecule has 1 saturated carbocycles. The third-order valence-electron chi connectivity index (χ3n) is 5.04. The fourth-order valence-corrected chi connectivity index (χ4v) is 3.59. The Kier molecular flexibility index (Phi) is 5.23. The van der Waals surface area contributed by atoms with E-state index in [1.165, 1.54) is 36.9 Å². The molecule has 116 valence electrons. The van der Waals surface area contributed by atoms with Crippen molar-refractivity contribution in [3.8, 4) is 0 Å². The van der Waals surface area contributed by atoms with Crippen LogP contribution in [0.4, 0.5) is 0 Å². The number of pyridine rings is 1. The molecule has 0 amide bonds. The molecule has 2 nitrogen and oxygen atoms in total. The highest BCUT2D eigenvalue weighted by atomic mass is 15.1. The van der Waals surface area contributed by atoms with Gasteiger partial charge in [-0.3, -0.25) is 4.98 Å². The first-order valence-corrected chi connectivity index (χ1v) is 8.48. The van der Waals surface area contributed by atoms with E-state index < -0.39 is 0 Å². The molecule has 0 bridgehead atoms. The number of likely N-dealkylation sites (N-methyl/N-ethyl adjacent to an activating group) is 1. The van der Waals surface area contributed by atoms with Crippen LogP contribution in [0.1, 0.15) is 42.9 Å². The van der Waals surface area contributed by atoms with Crippen LogP contribution in [0.25, 0.3) is 0 Å². The molecule has 0 radical (unpaired) electrons. The van der Waals surface area contributed by atoms with Gasteiger partial charge in [0, 0.05) is 30.9 Å². The molecule has 0 aliphatic heterocycles. The molecule has 0 unspecified atom stereocenters. The van der Waals surface area contributed by atoms with Gasteiger partial charge in [-0.1, -0.05) is 36.4 Å². The van der Waals surface area contributed by atoms with Crippen LogP contribution in [0.2, 0.25) is 0 Å². The van der Waals surface area contributed by atoms with Crippen molar-refractivity contribution in [2.24, 2.45) is 0 Å². The van der Waals surface area contributed by atoms with Gasteiger partial charge in [0.15, 0.2) is 0 Å². The molecule has 0 atom stereocenters. The van der Waals surface area contributed by atoms with E-state index in [1.54, 1.807) is 0 Å². The average molecular weight is 294 g/mol. The number of aromatic nitrogens is 1. The summed E-state index contributed by atoms with van der Waals surface area (Å²) < 4.78 is 0. The molecule has 0 N–H and O–H groups in total. The first kappa shape index (κ1) is 15.2. The molecule has 1 aromatic carbocycles. The van der Waals surface area contributed by atoms with Crippen molar-refractivity contribution in [2.75, 3.05) is 13.6 Å². The van der Waals surface area contributed by atoms with Gasteiger partial charge in [-0.15, -0.1) is 0 Å². The van der Waals surface area contributed by atoms with Gasteiger partial charge in [0.05, 0.1) is 0 Å². The summed E-state index contributed by atoms with van der Waals surface area (Å²) in [4.78, 5) is 6.96. The Morgan fingerprint density at radius 2 is 1.68 bits per heavy atom. The third kappa shape index (κ3) is 3.95. The van der Waals surface area contributed by atoms with Gasteiger partial charge in [0.25, 0.3) is 0 Å². The van der Waals surface area contributed by atoms with E-state index in [-0.39, 0.29) is 0 Å². The second-order valence-corrected chi connectivity index (χ2v) is 6.47. The Bertz CT molecular complexity index is 544. The quantitative estimate of drug-likeness (QED) is 0.818. The maximum Gasteiger partial charge on any atom is 0.0416 e. The van der Waals surface area contributed by atoms with Crippen LogP contribution in [-0.4, -0.2) is 29.5 Å². The van der Waals surface area contributed by atoms with Gasteiger partial charge in [-0.05, 0) is 56.3 Å². The summed E-state index contributed by atoms with van der Waals surface area (Å²) in [6.07, 6.45) is 8.22. The lowest BCUT2D eigenvalue weighted by atomic mass is 9.81. The molecule has 1 fully saturated rings. The fourth-order valence-electron chi connectivity index (χ4n) is 3.59. The highest BCUT2D eigenvalue weighted by molar-refractivity contribution is 5.20. The Balaban J connectivity index is 1.46. The Labute approximate surface area is 134 Å². The van der Waals surface area contributed by atoms with Crippen molar-refractivity contribution in [1.29, 1.82) is 0 Å². The van der Waals surface area contributed by atoms with E-state index in [9.17, 15) is 0 Å². The van der Waals surface area contributed by atoms with Crippen molar-refractivity contribution in [3.63, 3.8) is 0 Å². The Morgan fingerprint density at radius 3 is 2.36 bits per heavy atom. The van der Waals surface area contributed by atoms with Crippen molar-refractivity contribution in [2.45, 2.75) is 44.1 Å². The third-order valence-corrected chi connectivity index (χ3v) is 5.04. The predicted molar refractivity (Wildman–Crippen MR) is 92.0 cm³/mol. The van der Waals surface area contributed by atoms with Gasteiger partial charge in [-0.2, -0.15) is 0 Å². The van der Waals surface area contributed by atoms with Gasteiger partial charge < -0.3 is 4.90 Å². The normalized spacial score (nSPS) is 21.9. The molecule has 0 saturated heterocycles. The van der Waals surface area contributed by atoms with E-state index in [0.29, 0.717) is 0 Å². The molecule has 22 heavy (non-hydrogen) atoms. The highest BCUT2D eigenvalue weighted by Gasteiger charge is 2.24. The number of benzene rings is 1. The lowest BCUT2D eigenvalue weighted by Crippen LogP contribution is -2.36. The topological polar surface area (TPSA) is 16.1 Å². The first-order chi connectivity index (χ1) is 10.8. The predicted octanol–water partition coefficient (Wildman–Crippen LogP) is 4.28. The smallest absolute Gasteiger partial charge is 0.0416 e. The van der Waals surface area contributed by atoms with Crippen LogP contribution in [0.5, 0.6) is 0 Å². The summed E-state index contributed by atoms with van der Waals surface area (Å²) in [5.41, 5.74) is 2.73. The van der Waals surface area contributed by atoms with Crippen molar-refractivity contribution in [3.05, 3.63) is 66.0 Å². The van der Waals surface area contributed by atoms with Crippen LogP contribution in [0, 0.1) is 0 Å². The lowest BCUT2D eigenvalue weighted by Gasteiger charge is -2.35. The van der Waals surface area contributed by atoms with E-state index in [0.717, 1.165) is 24.9 Å². The first-order valence-electron chi connectivity index (χ1n) is 8.48. The molecule has 2 heteroatoms. The zero-order valence-electron chi connectivity index (χ0n) is 13.5. The minimum atomic E-state index is 0.740. The highest BCUT2D eigenvalue weighted by Crippen LogP contribution is 2.34. The molecule has 1 aliphatic carbocycles. The molecule has 0 spiro atoms. The van der Waals surface area contributed by atoms with E-state index in [2.05, 4.69) is 59.4 Å². The van der Waals surface area contributed by atoms with E-state index in [4.69, 9.17) is 0 Å².